The molecular weight excluding hydrogens is 240 g/mol. The van der Waals surface area contributed by atoms with Crippen LogP contribution in [0.2, 0.25) is 0 Å². The van der Waals surface area contributed by atoms with Crippen molar-refractivity contribution in [3.63, 3.8) is 0 Å². The SMILES string of the molecule is Cc1cc(C)c(-c2nc(CC(C)N)cs2)c(C)c1. The number of aromatic nitrogens is 1. The zero-order valence-corrected chi connectivity index (χ0v) is 12.3. The van der Waals surface area contributed by atoms with Gasteiger partial charge in [-0.15, -0.1) is 11.3 Å². The summed E-state index contributed by atoms with van der Waals surface area (Å²) >= 11 is 1.71. The van der Waals surface area contributed by atoms with Crippen molar-refractivity contribution in [1.82, 2.24) is 4.98 Å². The molecule has 1 unspecified atom stereocenters. The average Bonchev–Trinajstić information content (AvgIpc) is 2.63. The van der Waals surface area contributed by atoms with Crippen molar-refractivity contribution in [2.45, 2.75) is 40.2 Å². The van der Waals surface area contributed by atoms with E-state index in [-0.39, 0.29) is 6.04 Å². The minimum Gasteiger partial charge on any atom is -0.328 e. The number of nitrogens with two attached hydrogens (primary N) is 1. The van der Waals surface area contributed by atoms with Crippen molar-refractivity contribution in [1.29, 1.82) is 0 Å². The van der Waals surface area contributed by atoms with Crippen LogP contribution in [0.15, 0.2) is 17.5 Å². The number of hydrogen-bond donors (Lipinski definition) is 1. The molecule has 18 heavy (non-hydrogen) atoms. The topological polar surface area (TPSA) is 38.9 Å². The molecule has 0 fully saturated rings. The minimum atomic E-state index is 0.167. The van der Waals surface area contributed by atoms with Gasteiger partial charge < -0.3 is 5.73 Å². The molecule has 0 saturated carbocycles. The molecule has 3 heteroatoms. The lowest BCUT2D eigenvalue weighted by atomic mass is 10.0. The summed E-state index contributed by atoms with van der Waals surface area (Å²) in [7, 11) is 0. The smallest absolute Gasteiger partial charge is 0.124 e. The van der Waals surface area contributed by atoms with E-state index < -0.39 is 0 Å². The van der Waals surface area contributed by atoms with Gasteiger partial charge >= 0.3 is 0 Å². The van der Waals surface area contributed by atoms with Crippen molar-refractivity contribution in [3.05, 3.63) is 39.9 Å². The van der Waals surface area contributed by atoms with Gasteiger partial charge in [-0.3, -0.25) is 0 Å². The summed E-state index contributed by atoms with van der Waals surface area (Å²) in [6.07, 6.45) is 0.848. The van der Waals surface area contributed by atoms with E-state index in [1.165, 1.54) is 22.3 Å². The fourth-order valence-corrected chi connectivity index (χ4v) is 3.37. The van der Waals surface area contributed by atoms with Gasteiger partial charge in [0, 0.05) is 23.4 Å². The maximum Gasteiger partial charge on any atom is 0.124 e. The number of benzene rings is 1. The first-order valence-electron chi connectivity index (χ1n) is 6.25. The highest BCUT2D eigenvalue weighted by Gasteiger charge is 2.11. The lowest BCUT2D eigenvalue weighted by Gasteiger charge is -2.08. The highest BCUT2D eigenvalue weighted by molar-refractivity contribution is 7.13. The summed E-state index contributed by atoms with van der Waals surface area (Å²) in [5, 5.41) is 3.23. The maximum absolute atomic E-state index is 5.82. The molecular formula is C15H20N2S. The van der Waals surface area contributed by atoms with E-state index in [0.29, 0.717) is 0 Å². The molecule has 2 N–H and O–H groups in total. The Hall–Kier alpha value is -1.19. The molecule has 1 heterocycles. The number of aryl methyl sites for hydroxylation is 3. The lowest BCUT2D eigenvalue weighted by molar-refractivity contribution is 0.726. The molecule has 0 radical (unpaired) electrons. The van der Waals surface area contributed by atoms with Gasteiger partial charge in [0.2, 0.25) is 0 Å². The van der Waals surface area contributed by atoms with Crippen LogP contribution >= 0.6 is 11.3 Å². The van der Waals surface area contributed by atoms with Gasteiger partial charge in [0.1, 0.15) is 5.01 Å². The van der Waals surface area contributed by atoms with Gasteiger partial charge in [0.25, 0.3) is 0 Å². The minimum absolute atomic E-state index is 0.167. The Balaban J connectivity index is 2.40. The normalized spacial score (nSPS) is 12.7. The molecule has 0 saturated heterocycles. The molecule has 0 aliphatic carbocycles. The third-order valence-electron chi connectivity index (χ3n) is 2.97. The predicted molar refractivity (Wildman–Crippen MR) is 79.1 cm³/mol. The van der Waals surface area contributed by atoms with Crippen LogP contribution in [0.4, 0.5) is 0 Å². The van der Waals surface area contributed by atoms with E-state index >= 15 is 0 Å². The Bertz CT molecular complexity index is 532. The first-order valence-corrected chi connectivity index (χ1v) is 7.13. The van der Waals surface area contributed by atoms with E-state index in [1.807, 2.05) is 6.92 Å². The highest BCUT2D eigenvalue weighted by atomic mass is 32.1. The van der Waals surface area contributed by atoms with E-state index in [2.05, 4.69) is 38.3 Å². The zero-order valence-electron chi connectivity index (χ0n) is 11.4. The molecule has 0 bridgehead atoms. The molecule has 0 aliphatic rings. The van der Waals surface area contributed by atoms with Crippen molar-refractivity contribution < 1.29 is 0 Å². The standard InChI is InChI=1S/C15H20N2S/c1-9-5-10(2)14(11(3)6-9)15-17-13(8-18-15)7-12(4)16/h5-6,8,12H,7,16H2,1-4H3. The van der Waals surface area contributed by atoms with Crippen LogP contribution in [-0.4, -0.2) is 11.0 Å². The molecule has 2 rings (SSSR count). The van der Waals surface area contributed by atoms with Crippen molar-refractivity contribution >= 4 is 11.3 Å². The van der Waals surface area contributed by atoms with Crippen LogP contribution in [0.3, 0.4) is 0 Å². The van der Waals surface area contributed by atoms with Crippen LogP contribution < -0.4 is 5.73 Å². The van der Waals surface area contributed by atoms with Gasteiger partial charge in [-0.05, 0) is 38.8 Å². The lowest BCUT2D eigenvalue weighted by Crippen LogP contribution is -2.17. The summed E-state index contributed by atoms with van der Waals surface area (Å²) in [4.78, 5) is 4.71. The van der Waals surface area contributed by atoms with E-state index in [4.69, 9.17) is 10.7 Å². The first-order chi connectivity index (χ1) is 8.47. The fraction of sp³-hybridized carbons (Fsp3) is 0.400. The summed E-state index contributed by atoms with van der Waals surface area (Å²) in [5.41, 5.74) is 12.1. The fourth-order valence-electron chi connectivity index (χ4n) is 2.36. The Kier molecular flexibility index (Phi) is 3.83. The van der Waals surface area contributed by atoms with Gasteiger partial charge in [-0.1, -0.05) is 17.7 Å². The summed E-state index contributed by atoms with van der Waals surface area (Å²) in [6, 6.07) is 4.60. The maximum atomic E-state index is 5.82. The third-order valence-corrected chi connectivity index (χ3v) is 3.88. The molecule has 0 amide bonds. The van der Waals surface area contributed by atoms with Gasteiger partial charge in [0.15, 0.2) is 0 Å². The van der Waals surface area contributed by atoms with Crippen LogP contribution in [-0.2, 0) is 6.42 Å². The molecule has 2 aromatic rings. The second-order valence-electron chi connectivity index (χ2n) is 5.10. The summed E-state index contributed by atoms with van der Waals surface area (Å²) < 4.78 is 0. The Labute approximate surface area is 113 Å². The van der Waals surface area contributed by atoms with Gasteiger partial charge in [0.05, 0.1) is 5.69 Å². The van der Waals surface area contributed by atoms with E-state index in [1.54, 1.807) is 11.3 Å². The number of nitrogens with zero attached hydrogens (tertiary/aromatic N) is 1. The van der Waals surface area contributed by atoms with Crippen molar-refractivity contribution in [3.8, 4) is 10.6 Å². The third kappa shape index (κ3) is 2.79. The molecule has 2 nitrogen and oxygen atoms in total. The number of hydrogen-bond acceptors (Lipinski definition) is 3. The second-order valence-corrected chi connectivity index (χ2v) is 5.96. The van der Waals surface area contributed by atoms with Crippen LogP contribution in [0.1, 0.15) is 29.3 Å². The molecule has 0 spiro atoms. The van der Waals surface area contributed by atoms with E-state index in [9.17, 15) is 0 Å². The Morgan fingerprint density at radius 2 is 1.83 bits per heavy atom. The highest BCUT2D eigenvalue weighted by Crippen LogP contribution is 2.31. The van der Waals surface area contributed by atoms with Gasteiger partial charge in [-0.25, -0.2) is 4.98 Å². The van der Waals surface area contributed by atoms with E-state index in [0.717, 1.165) is 17.1 Å². The largest absolute Gasteiger partial charge is 0.328 e. The Morgan fingerprint density at radius 1 is 1.22 bits per heavy atom. The second kappa shape index (κ2) is 5.21. The quantitative estimate of drug-likeness (QED) is 0.915. The molecule has 1 aromatic heterocycles. The number of rotatable bonds is 3. The molecule has 0 aliphatic heterocycles. The van der Waals surface area contributed by atoms with Crippen LogP contribution in [0, 0.1) is 20.8 Å². The first kappa shape index (κ1) is 13.2. The van der Waals surface area contributed by atoms with Crippen LogP contribution in [0.5, 0.6) is 0 Å². The molecule has 96 valence electrons. The zero-order chi connectivity index (χ0) is 13.3. The van der Waals surface area contributed by atoms with Crippen molar-refractivity contribution in [2.24, 2.45) is 5.73 Å². The summed E-state index contributed by atoms with van der Waals surface area (Å²) in [5.74, 6) is 0. The van der Waals surface area contributed by atoms with Crippen LogP contribution in [0.25, 0.3) is 10.6 Å². The Morgan fingerprint density at radius 3 is 2.39 bits per heavy atom. The average molecular weight is 260 g/mol. The molecule has 1 atom stereocenters. The van der Waals surface area contributed by atoms with Gasteiger partial charge in [-0.2, -0.15) is 0 Å². The van der Waals surface area contributed by atoms with Crippen molar-refractivity contribution in [2.75, 3.05) is 0 Å². The molecule has 1 aromatic carbocycles. The monoisotopic (exact) mass is 260 g/mol. The number of thiazole rings is 1. The predicted octanol–water partition coefficient (Wildman–Crippen LogP) is 3.63. The summed E-state index contributed by atoms with van der Waals surface area (Å²) in [6.45, 7) is 8.46.